The normalized spacial score (nSPS) is 11.3. The highest BCUT2D eigenvalue weighted by atomic mass is 16.4. The summed E-state index contributed by atoms with van der Waals surface area (Å²) in [5.74, 6) is 1.47. The van der Waals surface area contributed by atoms with Crippen molar-refractivity contribution in [1.29, 1.82) is 0 Å². The summed E-state index contributed by atoms with van der Waals surface area (Å²) in [6, 6.07) is 5.96. The maximum absolute atomic E-state index is 5.92. The van der Waals surface area contributed by atoms with Crippen LogP contribution in [0.15, 0.2) is 22.6 Å². The third kappa shape index (κ3) is 1.49. The highest BCUT2D eigenvalue weighted by Gasteiger charge is 2.13. The lowest BCUT2D eigenvalue weighted by atomic mass is 10.1. The average molecular weight is 241 g/mol. The van der Waals surface area contributed by atoms with E-state index in [-0.39, 0.29) is 0 Å². The van der Waals surface area contributed by atoms with E-state index in [0.29, 0.717) is 5.89 Å². The molecule has 3 N–H and O–H groups in total. The number of nitrogens with two attached hydrogens (primary N) is 1. The Hall–Kier alpha value is -2.23. The van der Waals surface area contributed by atoms with Crippen molar-refractivity contribution in [2.45, 2.75) is 20.8 Å². The summed E-state index contributed by atoms with van der Waals surface area (Å²) in [4.78, 5) is 7.63. The van der Waals surface area contributed by atoms with Crippen molar-refractivity contribution in [3.63, 3.8) is 0 Å². The molecule has 0 unspecified atom stereocenters. The van der Waals surface area contributed by atoms with Gasteiger partial charge in [0.2, 0.25) is 0 Å². The molecular weight excluding hydrogens is 226 g/mol. The van der Waals surface area contributed by atoms with Gasteiger partial charge in [0.25, 0.3) is 0 Å². The van der Waals surface area contributed by atoms with Gasteiger partial charge in [0, 0.05) is 23.5 Å². The number of aromatic amines is 1. The number of hydrogen-bond acceptors (Lipinski definition) is 3. The Morgan fingerprint density at radius 2 is 2.00 bits per heavy atom. The predicted molar refractivity (Wildman–Crippen MR) is 72.4 cm³/mol. The molecule has 0 fully saturated rings. The number of anilines is 1. The molecule has 0 aliphatic rings. The van der Waals surface area contributed by atoms with Gasteiger partial charge in [0.05, 0.1) is 11.4 Å². The molecular formula is C14H15N3O. The number of aryl methyl sites for hydroxylation is 3. The number of aromatic nitrogens is 2. The summed E-state index contributed by atoms with van der Waals surface area (Å²) in [6.07, 6.45) is 0. The summed E-state index contributed by atoms with van der Waals surface area (Å²) in [5.41, 5.74) is 10.7. The highest BCUT2D eigenvalue weighted by Crippen LogP contribution is 2.30. The van der Waals surface area contributed by atoms with Crippen molar-refractivity contribution in [1.82, 2.24) is 9.97 Å². The van der Waals surface area contributed by atoms with Crippen LogP contribution in [0.1, 0.15) is 17.1 Å². The van der Waals surface area contributed by atoms with Crippen LogP contribution < -0.4 is 5.73 Å². The molecule has 1 aromatic carbocycles. The van der Waals surface area contributed by atoms with Gasteiger partial charge in [0.15, 0.2) is 11.7 Å². The number of nitrogen functional groups attached to an aromatic ring is 1. The third-order valence-corrected chi connectivity index (χ3v) is 3.26. The lowest BCUT2D eigenvalue weighted by Gasteiger charge is -1.99. The molecule has 3 rings (SSSR count). The van der Waals surface area contributed by atoms with Gasteiger partial charge in [-0.05, 0) is 37.6 Å². The molecule has 3 aromatic rings. The maximum Gasteiger partial charge on any atom is 0.192 e. The van der Waals surface area contributed by atoms with Crippen LogP contribution in [0.25, 0.3) is 22.4 Å². The standard InChI is InChI=1S/C14H15N3O/c1-7-10-6-13(14-8(2)16-9(3)18-14)17-12(10)5-4-11(7)15/h4-6,17H,15H2,1-3H3. The summed E-state index contributed by atoms with van der Waals surface area (Å²) in [6.45, 7) is 5.81. The van der Waals surface area contributed by atoms with Crippen LogP contribution in [0.3, 0.4) is 0 Å². The number of benzene rings is 1. The lowest BCUT2D eigenvalue weighted by Crippen LogP contribution is -1.88. The van der Waals surface area contributed by atoms with Crippen LogP contribution in [-0.4, -0.2) is 9.97 Å². The molecule has 2 heterocycles. The van der Waals surface area contributed by atoms with Crippen molar-refractivity contribution in [3.8, 4) is 11.5 Å². The Balaban J connectivity index is 2.26. The van der Waals surface area contributed by atoms with Crippen LogP contribution in [0, 0.1) is 20.8 Å². The number of rotatable bonds is 1. The number of hydrogen-bond donors (Lipinski definition) is 2. The summed E-state index contributed by atoms with van der Waals surface area (Å²) < 4.78 is 5.63. The van der Waals surface area contributed by atoms with Gasteiger partial charge in [0.1, 0.15) is 0 Å². The fourth-order valence-electron chi connectivity index (χ4n) is 2.27. The topological polar surface area (TPSA) is 67.8 Å². The minimum Gasteiger partial charge on any atom is -0.439 e. The Kier molecular flexibility index (Phi) is 2.20. The second kappa shape index (κ2) is 3.63. The van der Waals surface area contributed by atoms with Gasteiger partial charge in [-0.3, -0.25) is 0 Å². The van der Waals surface area contributed by atoms with E-state index < -0.39 is 0 Å². The number of nitrogens with one attached hydrogen (secondary N) is 1. The first-order chi connectivity index (χ1) is 8.56. The quantitative estimate of drug-likeness (QED) is 0.642. The largest absolute Gasteiger partial charge is 0.439 e. The summed E-state index contributed by atoms with van der Waals surface area (Å²) in [7, 11) is 0. The van der Waals surface area contributed by atoms with Crippen molar-refractivity contribution < 1.29 is 4.42 Å². The molecule has 0 aliphatic heterocycles. The van der Waals surface area contributed by atoms with Gasteiger partial charge in [-0.25, -0.2) is 4.98 Å². The minimum atomic E-state index is 0.678. The molecule has 0 atom stereocenters. The first-order valence-electron chi connectivity index (χ1n) is 5.88. The molecule has 0 aliphatic carbocycles. The monoisotopic (exact) mass is 241 g/mol. The zero-order chi connectivity index (χ0) is 12.9. The molecule has 0 spiro atoms. The Morgan fingerprint density at radius 1 is 1.22 bits per heavy atom. The second-order valence-electron chi connectivity index (χ2n) is 4.57. The Bertz CT molecular complexity index is 737. The molecule has 0 saturated heterocycles. The fourth-order valence-corrected chi connectivity index (χ4v) is 2.27. The molecule has 4 heteroatoms. The average Bonchev–Trinajstić information content (AvgIpc) is 2.87. The van der Waals surface area contributed by atoms with Gasteiger partial charge in [-0.15, -0.1) is 0 Å². The second-order valence-corrected chi connectivity index (χ2v) is 4.57. The maximum atomic E-state index is 5.92. The van der Waals surface area contributed by atoms with E-state index in [4.69, 9.17) is 10.2 Å². The van der Waals surface area contributed by atoms with Crippen molar-refractivity contribution in [2.75, 3.05) is 5.73 Å². The molecule has 2 aromatic heterocycles. The molecule has 0 bridgehead atoms. The SMILES string of the molecule is Cc1nc(C)c(-c2cc3c(C)c(N)ccc3[nH]2)o1. The van der Waals surface area contributed by atoms with Crippen LogP contribution in [0.5, 0.6) is 0 Å². The van der Waals surface area contributed by atoms with Crippen LogP contribution in [0.4, 0.5) is 5.69 Å². The highest BCUT2D eigenvalue weighted by molar-refractivity contribution is 5.91. The van der Waals surface area contributed by atoms with Gasteiger partial charge < -0.3 is 15.1 Å². The van der Waals surface area contributed by atoms with Crippen molar-refractivity contribution >= 4 is 16.6 Å². The molecule has 92 valence electrons. The van der Waals surface area contributed by atoms with E-state index in [0.717, 1.165) is 39.3 Å². The number of oxazole rings is 1. The van der Waals surface area contributed by atoms with Gasteiger partial charge >= 0.3 is 0 Å². The molecule has 18 heavy (non-hydrogen) atoms. The minimum absolute atomic E-state index is 0.678. The molecule has 0 saturated carbocycles. The van der Waals surface area contributed by atoms with Crippen LogP contribution >= 0.6 is 0 Å². The van der Waals surface area contributed by atoms with E-state index >= 15 is 0 Å². The Labute approximate surface area is 105 Å². The first kappa shape index (κ1) is 10.9. The number of fused-ring (bicyclic) bond motifs is 1. The van der Waals surface area contributed by atoms with E-state index in [9.17, 15) is 0 Å². The van der Waals surface area contributed by atoms with Crippen molar-refractivity contribution in [2.24, 2.45) is 0 Å². The predicted octanol–water partition coefficient (Wildman–Crippen LogP) is 3.33. The van der Waals surface area contributed by atoms with E-state index in [2.05, 4.69) is 16.0 Å². The lowest BCUT2D eigenvalue weighted by molar-refractivity contribution is 0.533. The van der Waals surface area contributed by atoms with E-state index in [1.807, 2.05) is 32.9 Å². The number of H-pyrrole nitrogens is 1. The van der Waals surface area contributed by atoms with E-state index in [1.165, 1.54) is 0 Å². The van der Waals surface area contributed by atoms with Crippen LogP contribution in [-0.2, 0) is 0 Å². The van der Waals surface area contributed by atoms with Gasteiger partial charge in [-0.1, -0.05) is 0 Å². The summed E-state index contributed by atoms with van der Waals surface area (Å²) in [5, 5.41) is 1.12. The van der Waals surface area contributed by atoms with Crippen LogP contribution in [0.2, 0.25) is 0 Å². The van der Waals surface area contributed by atoms with Crippen molar-refractivity contribution in [3.05, 3.63) is 35.3 Å². The smallest absolute Gasteiger partial charge is 0.192 e. The fraction of sp³-hybridized carbons (Fsp3) is 0.214. The zero-order valence-electron chi connectivity index (χ0n) is 10.7. The molecule has 4 nitrogen and oxygen atoms in total. The first-order valence-corrected chi connectivity index (χ1v) is 5.88. The third-order valence-electron chi connectivity index (χ3n) is 3.26. The summed E-state index contributed by atoms with van der Waals surface area (Å²) >= 11 is 0. The zero-order valence-corrected chi connectivity index (χ0v) is 10.7. The van der Waals surface area contributed by atoms with E-state index in [1.54, 1.807) is 0 Å². The Morgan fingerprint density at radius 3 is 2.67 bits per heavy atom. The molecule has 0 radical (unpaired) electrons. The molecule has 0 amide bonds. The number of nitrogens with zero attached hydrogens (tertiary/aromatic N) is 1. The van der Waals surface area contributed by atoms with Gasteiger partial charge in [-0.2, -0.15) is 0 Å².